The Labute approximate surface area is 342 Å². The molecule has 0 saturated carbocycles. The first kappa shape index (κ1) is 39.3. The van der Waals surface area contributed by atoms with Gasteiger partial charge in [-0.05, 0) is 102 Å². The van der Waals surface area contributed by atoms with Crippen molar-refractivity contribution in [2.75, 3.05) is 6.61 Å². The molecule has 56 heavy (non-hydrogen) atoms. The molecule has 0 spiro atoms. The smallest absolute Gasteiger partial charge is 0.197 e. The van der Waals surface area contributed by atoms with E-state index in [1.54, 1.807) is 40.1 Å². The van der Waals surface area contributed by atoms with Gasteiger partial charge in [-0.3, -0.25) is 14.4 Å². The molecular weight excluding hydrogens is 772 g/mol. The van der Waals surface area contributed by atoms with E-state index in [4.69, 9.17) is 16.3 Å². The maximum atomic E-state index is 12.6. The fraction of sp³-hybridized carbons (Fsp3) is 0.188. The summed E-state index contributed by atoms with van der Waals surface area (Å²) in [6, 6.07) is 39.2. The molecule has 0 aliphatic heterocycles. The fourth-order valence-corrected chi connectivity index (χ4v) is 10.2. The second-order valence-electron chi connectivity index (χ2n) is 14.2. The summed E-state index contributed by atoms with van der Waals surface area (Å²) in [6.07, 6.45) is 0.923. The van der Waals surface area contributed by atoms with Crippen LogP contribution in [-0.2, 0) is 0 Å². The first-order valence-electron chi connectivity index (χ1n) is 18.7. The lowest BCUT2D eigenvalue weighted by molar-refractivity contribution is 0.321. The van der Waals surface area contributed by atoms with Gasteiger partial charge in [0.25, 0.3) is 0 Å². The number of rotatable bonds is 5. The van der Waals surface area contributed by atoms with Gasteiger partial charge in [0.05, 0.1) is 21.7 Å². The van der Waals surface area contributed by atoms with Crippen molar-refractivity contribution in [2.24, 2.45) is 0 Å². The van der Waals surface area contributed by atoms with Crippen molar-refractivity contribution in [3.05, 3.63) is 168 Å². The van der Waals surface area contributed by atoms with Gasteiger partial charge in [0.1, 0.15) is 5.75 Å². The summed E-state index contributed by atoms with van der Waals surface area (Å²) >= 11 is 11.1. The molecule has 0 aliphatic carbocycles. The zero-order valence-electron chi connectivity index (χ0n) is 31.9. The maximum absolute atomic E-state index is 12.6. The van der Waals surface area contributed by atoms with Crippen molar-refractivity contribution in [3.8, 4) is 5.75 Å². The van der Waals surface area contributed by atoms with Gasteiger partial charge in [-0.25, -0.2) is 0 Å². The highest BCUT2D eigenvalue weighted by atomic mass is 35.5. The van der Waals surface area contributed by atoms with Crippen molar-refractivity contribution in [3.63, 3.8) is 0 Å². The van der Waals surface area contributed by atoms with Gasteiger partial charge < -0.3 is 4.74 Å². The SMILES string of the molecule is CC(C)c1ccc2c(=O)c3ccccc3sc2c1.CC(C)c1ccc2sc3ccccc3c(=O)c2c1.CCCOc1ccc(Cl)c2c(=O)c3ccccc3sc12. The molecule has 0 bridgehead atoms. The number of ether oxygens (including phenoxy) is 1. The molecule has 6 aromatic carbocycles. The van der Waals surface area contributed by atoms with Crippen molar-refractivity contribution in [2.45, 2.75) is 52.9 Å². The highest BCUT2D eigenvalue weighted by molar-refractivity contribution is 7.25. The highest BCUT2D eigenvalue weighted by Gasteiger charge is 2.14. The maximum Gasteiger partial charge on any atom is 0.197 e. The van der Waals surface area contributed by atoms with Crippen LogP contribution < -0.4 is 21.0 Å². The van der Waals surface area contributed by atoms with Crippen LogP contribution in [0, 0.1) is 0 Å². The topological polar surface area (TPSA) is 60.4 Å². The van der Waals surface area contributed by atoms with Crippen molar-refractivity contribution in [1.29, 1.82) is 0 Å². The van der Waals surface area contributed by atoms with E-state index < -0.39 is 0 Å². The normalized spacial score (nSPS) is 11.4. The van der Waals surface area contributed by atoms with Crippen molar-refractivity contribution >= 4 is 106 Å². The Balaban J connectivity index is 0.000000129. The quantitative estimate of drug-likeness (QED) is 0.162. The Bertz CT molecular complexity index is 3070. The minimum absolute atomic E-state index is 0.0266. The van der Waals surface area contributed by atoms with E-state index in [1.165, 1.54) is 11.1 Å². The van der Waals surface area contributed by atoms with Crippen molar-refractivity contribution < 1.29 is 4.74 Å². The number of halogens is 1. The molecule has 282 valence electrons. The molecule has 8 heteroatoms. The monoisotopic (exact) mass is 812 g/mol. The van der Waals surface area contributed by atoms with Crippen LogP contribution in [0.2, 0.25) is 5.02 Å². The summed E-state index contributed by atoms with van der Waals surface area (Å²) in [6.45, 7) is 11.3. The number of hydrogen-bond acceptors (Lipinski definition) is 7. The number of hydrogen-bond donors (Lipinski definition) is 0. The van der Waals surface area contributed by atoms with Gasteiger partial charge in [0.2, 0.25) is 0 Å². The van der Waals surface area contributed by atoms with E-state index in [1.807, 2.05) is 91.0 Å². The summed E-state index contributed by atoms with van der Waals surface area (Å²) in [4.78, 5) is 37.4. The molecule has 0 saturated heterocycles. The standard InChI is InChI=1S/C16H13ClO2S.2C16H14OS/c1-2-9-19-12-8-7-11(17)14-15(18)10-5-3-4-6-13(10)20-16(12)14;1-10(2)11-7-8-15-13(9-11)16(17)12-5-3-4-6-14(12)18-15;1-10(2)11-7-8-13-15(9-11)18-14-6-4-3-5-12(14)16(13)17/h3-8H,2,9H2,1H3;2*3-10H,1-2H3. The Kier molecular flexibility index (Phi) is 12.0. The van der Waals surface area contributed by atoms with Crippen LogP contribution in [0.15, 0.2) is 136 Å². The number of fused-ring (bicyclic) bond motifs is 6. The summed E-state index contributed by atoms with van der Waals surface area (Å²) in [5.74, 6) is 1.67. The molecular formula is C48H41ClO4S3. The Morgan fingerprint density at radius 2 is 1.00 bits per heavy atom. The lowest BCUT2D eigenvalue weighted by Gasteiger charge is -2.09. The predicted molar refractivity (Wildman–Crippen MR) is 246 cm³/mol. The van der Waals surface area contributed by atoms with E-state index in [2.05, 4.69) is 58.9 Å². The fourth-order valence-electron chi connectivity index (χ4n) is 6.52. The first-order chi connectivity index (χ1) is 27.0. The van der Waals surface area contributed by atoms with Gasteiger partial charge in [0.15, 0.2) is 16.3 Å². The largest absolute Gasteiger partial charge is 0.492 e. The van der Waals surface area contributed by atoms with Gasteiger partial charge in [-0.15, -0.1) is 34.0 Å². The van der Waals surface area contributed by atoms with Crippen LogP contribution >= 0.6 is 45.6 Å². The summed E-state index contributed by atoms with van der Waals surface area (Å²) in [5.41, 5.74) is 2.79. The van der Waals surface area contributed by atoms with Gasteiger partial charge >= 0.3 is 0 Å². The van der Waals surface area contributed by atoms with Crippen LogP contribution in [0.1, 0.15) is 64.0 Å². The minimum atomic E-state index is -0.0266. The van der Waals surface area contributed by atoms with Crippen LogP contribution in [0.25, 0.3) is 60.5 Å². The molecule has 9 aromatic rings. The molecule has 0 fully saturated rings. The zero-order chi connectivity index (χ0) is 39.5. The zero-order valence-corrected chi connectivity index (χ0v) is 35.1. The van der Waals surface area contributed by atoms with Crippen LogP contribution in [0.3, 0.4) is 0 Å². The van der Waals surface area contributed by atoms with Crippen LogP contribution in [0.4, 0.5) is 0 Å². The Morgan fingerprint density at radius 1 is 0.518 bits per heavy atom. The molecule has 0 unspecified atom stereocenters. The molecule has 0 amide bonds. The Morgan fingerprint density at radius 3 is 1.61 bits per heavy atom. The van der Waals surface area contributed by atoms with E-state index in [9.17, 15) is 14.4 Å². The molecule has 3 heterocycles. The minimum Gasteiger partial charge on any atom is -0.492 e. The van der Waals surface area contributed by atoms with Gasteiger partial charge in [-0.2, -0.15) is 0 Å². The lowest BCUT2D eigenvalue weighted by Crippen LogP contribution is -2.03. The average molecular weight is 814 g/mol. The third-order valence-corrected chi connectivity index (χ3v) is 13.4. The third kappa shape index (κ3) is 8.00. The summed E-state index contributed by atoms with van der Waals surface area (Å²) in [7, 11) is 0. The van der Waals surface area contributed by atoms with E-state index >= 15 is 0 Å². The molecule has 0 aliphatic rings. The third-order valence-electron chi connectivity index (χ3n) is 9.64. The summed E-state index contributed by atoms with van der Waals surface area (Å²) < 4.78 is 11.8. The lowest BCUT2D eigenvalue weighted by atomic mass is 10.0. The molecule has 9 rings (SSSR count). The van der Waals surface area contributed by atoms with Gasteiger partial charge in [-0.1, -0.05) is 94.8 Å². The highest BCUT2D eigenvalue weighted by Crippen LogP contribution is 2.36. The average Bonchev–Trinajstić information content (AvgIpc) is 3.21. The van der Waals surface area contributed by atoms with Gasteiger partial charge in [0, 0.05) is 50.4 Å². The predicted octanol–water partition coefficient (Wildman–Crippen LogP) is 13.9. The second kappa shape index (κ2) is 17.1. The van der Waals surface area contributed by atoms with Crippen LogP contribution in [0.5, 0.6) is 5.75 Å². The van der Waals surface area contributed by atoms with E-state index in [0.29, 0.717) is 34.2 Å². The molecule has 0 atom stereocenters. The van der Waals surface area contributed by atoms with E-state index in [-0.39, 0.29) is 16.3 Å². The molecule has 0 radical (unpaired) electrons. The number of benzene rings is 6. The molecule has 0 N–H and O–H groups in total. The second-order valence-corrected chi connectivity index (χ2v) is 17.8. The van der Waals surface area contributed by atoms with Crippen molar-refractivity contribution in [1.82, 2.24) is 0 Å². The first-order valence-corrected chi connectivity index (χ1v) is 21.6. The van der Waals surface area contributed by atoms with E-state index in [0.717, 1.165) is 61.9 Å². The molecule has 3 aromatic heterocycles. The summed E-state index contributed by atoms with van der Waals surface area (Å²) in [5, 5.41) is 5.09. The Hall–Kier alpha value is -4.92. The van der Waals surface area contributed by atoms with Crippen LogP contribution in [-0.4, -0.2) is 6.61 Å². The molecule has 4 nitrogen and oxygen atoms in total.